The third-order valence-electron chi connectivity index (χ3n) is 3.71. The Balaban J connectivity index is 1.84. The lowest BCUT2D eigenvalue weighted by atomic mass is 10.2. The third-order valence-corrected chi connectivity index (χ3v) is 3.71. The van der Waals surface area contributed by atoms with Crippen molar-refractivity contribution in [3.8, 4) is 0 Å². The molecule has 1 aliphatic rings. The van der Waals surface area contributed by atoms with Crippen LogP contribution in [0, 0.1) is 5.92 Å². The summed E-state index contributed by atoms with van der Waals surface area (Å²) < 4.78 is 8.09. The zero-order valence-corrected chi connectivity index (χ0v) is 13.0. The highest BCUT2D eigenvalue weighted by Crippen LogP contribution is 2.09. The minimum absolute atomic E-state index is 0.279. The van der Waals surface area contributed by atoms with Crippen LogP contribution >= 0.6 is 0 Å². The first-order valence-corrected chi connectivity index (χ1v) is 7.73. The van der Waals surface area contributed by atoms with Crippen LogP contribution in [0.25, 0.3) is 0 Å². The summed E-state index contributed by atoms with van der Waals surface area (Å²) in [5.74, 6) is 1.76. The number of likely N-dealkylation sites (N-methyl/N-ethyl adjacent to an activating group) is 1. The van der Waals surface area contributed by atoms with Gasteiger partial charge in [0.25, 0.3) is 0 Å². The Morgan fingerprint density at radius 1 is 1.50 bits per heavy atom. The molecular weight excluding hydrogens is 252 g/mol. The van der Waals surface area contributed by atoms with Crippen LogP contribution in [-0.4, -0.2) is 53.3 Å². The summed E-state index contributed by atoms with van der Waals surface area (Å²) in [6, 6.07) is 0. The fourth-order valence-corrected chi connectivity index (χ4v) is 2.54. The van der Waals surface area contributed by atoms with Crippen molar-refractivity contribution in [2.24, 2.45) is 5.92 Å². The molecule has 114 valence electrons. The van der Waals surface area contributed by atoms with Gasteiger partial charge in [-0.2, -0.15) is 0 Å². The fourth-order valence-electron chi connectivity index (χ4n) is 2.54. The van der Waals surface area contributed by atoms with E-state index in [1.807, 2.05) is 6.20 Å². The smallest absolute Gasteiger partial charge is 0.122 e. The Hall–Kier alpha value is -0.910. The van der Waals surface area contributed by atoms with Crippen LogP contribution in [0.3, 0.4) is 0 Å². The van der Waals surface area contributed by atoms with E-state index in [0.29, 0.717) is 5.92 Å². The monoisotopic (exact) mass is 280 g/mol. The molecule has 1 saturated heterocycles. The maximum atomic E-state index is 5.87. The molecule has 0 spiro atoms. The molecule has 0 saturated carbocycles. The lowest BCUT2D eigenvalue weighted by molar-refractivity contribution is -0.0346. The van der Waals surface area contributed by atoms with Gasteiger partial charge in [0.05, 0.1) is 25.8 Å². The molecule has 0 aromatic carbocycles. The Labute approximate surface area is 122 Å². The molecule has 1 aromatic rings. The van der Waals surface area contributed by atoms with Crippen LogP contribution in [-0.2, 0) is 17.8 Å². The Bertz CT molecular complexity index is 391. The minimum Gasteiger partial charge on any atom is -0.374 e. The van der Waals surface area contributed by atoms with Crippen LogP contribution in [0.15, 0.2) is 12.4 Å². The van der Waals surface area contributed by atoms with Crippen molar-refractivity contribution in [1.29, 1.82) is 0 Å². The molecule has 2 rings (SSSR count). The molecule has 20 heavy (non-hydrogen) atoms. The van der Waals surface area contributed by atoms with Gasteiger partial charge < -0.3 is 14.6 Å². The maximum Gasteiger partial charge on any atom is 0.122 e. The summed E-state index contributed by atoms with van der Waals surface area (Å²) in [4.78, 5) is 6.90. The maximum absolute atomic E-state index is 5.87. The molecule has 1 aliphatic heterocycles. The number of nitrogens with one attached hydrogen (secondary N) is 1. The van der Waals surface area contributed by atoms with E-state index in [4.69, 9.17) is 4.74 Å². The van der Waals surface area contributed by atoms with Gasteiger partial charge in [-0.15, -0.1) is 0 Å². The van der Waals surface area contributed by atoms with Gasteiger partial charge in [-0.25, -0.2) is 4.98 Å². The number of nitrogens with zero attached hydrogens (tertiary/aromatic N) is 3. The molecule has 0 aliphatic carbocycles. The van der Waals surface area contributed by atoms with Crippen molar-refractivity contribution in [3.63, 3.8) is 0 Å². The summed E-state index contributed by atoms with van der Waals surface area (Å²) in [5.41, 5.74) is 0. The van der Waals surface area contributed by atoms with Gasteiger partial charge in [-0.1, -0.05) is 20.8 Å². The molecule has 5 nitrogen and oxygen atoms in total. The first kappa shape index (κ1) is 15.5. The second kappa shape index (κ2) is 7.76. The van der Waals surface area contributed by atoms with E-state index in [-0.39, 0.29) is 6.10 Å². The number of morpholine rings is 1. The molecule has 0 bridgehead atoms. The minimum atomic E-state index is 0.279. The van der Waals surface area contributed by atoms with E-state index in [1.165, 1.54) is 0 Å². The average Bonchev–Trinajstić information content (AvgIpc) is 2.86. The van der Waals surface area contributed by atoms with Crippen molar-refractivity contribution in [2.45, 2.75) is 40.0 Å². The molecule has 1 atom stereocenters. The quantitative estimate of drug-likeness (QED) is 0.819. The zero-order chi connectivity index (χ0) is 14.4. The highest BCUT2D eigenvalue weighted by atomic mass is 16.5. The number of hydrogen-bond donors (Lipinski definition) is 1. The van der Waals surface area contributed by atoms with Gasteiger partial charge in [-0.05, 0) is 19.0 Å². The van der Waals surface area contributed by atoms with E-state index in [1.54, 1.807) is 0 Å². The predicted molar refractivity (Wildman–Crippen MR) is 80.6 cm³/mol. The standard InChI is InChI=1S/C15H28N4O/c1-4-18-7-8-20-14(11-18)12-19-6-5-17-15(19)10-16-9-13(2)3/h5-6,13-14,16H,4,7-12H2,1-3H3. The van der Waals surface area contributed by atoms with Crippen molar-refractivity contribution in [3.05, 3.63) is 18.2 Å². The SMILES string of the molecule is CCN1CCOC(Cn2ccnc2CNCC(C)C)C1. The van der Waals surface area contributed by atoms with E-state index >= 15 is 0 Å². The average molecular weight is 280 g/mol. The van der Waals surface area contributed by atoms with E-state index < -0.39 is 0 Å². The first-order valence-electron chi connectivity index (χ1n) is 7.73. The summed E-state index contributed by atoms with van der Waals surface area (Å²) in [7, 11) is 0. The molecule has 0 radical (unpaired) electrons. The van der Waals surface area contributed by atoms with Gasteiger partial charge in [0.15, 0.2) is 0 Å². The molecule has 1 N–H and O–H groups in total. The van der Waals surface area contributed by atoms with Crippen molar-refractivity contribution in [2.75, 3.05) is 32.8 Å². The van der Waals surface area contributed by atoms with Crippen LogP contribution in [0.1, 0.15) is 26.6 Å². The number of ether oxygens (including phenoxy) is 1. The lowest BCUT2D eigenvalue weighted by Crippen LogP contribution is -2.44. The second-order valence-corrected chi connectivity index (χ2v) is 5.91. The van der Waals surface area contributed by atoms with Gasteiger partial charge in [0.2, 0.25) is 0 Å². The summed E-state index contributed by atoms with van der Waals surface area (Å²) in [5, 5.41) is 3.45. The molecule has 1 unspecified atom stereocenters. The van der Waals surface area contributed by atoms with E-state index in [0.717, 1.165) is 51.7 Å². The number of aromatic nitrogens is 2. The molecule has 2 heterocycles. The van der Waals surface area contributed by atoms with Crippen molar-refractivity contribution in [1.82, 2.24) is 19.8 Å². The van der Waals surface area contributed by atoms with Gasteiger partial charge >= 0.3 is 0 Å². The first-order chi connectivity index (χ1) is 9.69. The largest absolute Gasteiger partial charge is 0.374 e. The van der Waals surface area contributed by atoms with E-state index in [2.05, 4.69) is 46.7 Å². The van der Waals surface area contributed by atoms with Gasteiger partial charge in [0.1, 0.15) is 5.82 Å². The topological polar surface area (TPSA) is 42.3 Å². The molecule has 1 aromatic heterocycles. The molecule has 0 amide bonds. The van der Waals surface area contributed by atoms with Crippen LogP contribution in [0.4, 0.5) is 0 Å². The molecule has 5 heteroatoms. The normalized spacial score (nSPS) is 20.7. The highest BCUT2D eigenvalue weighted by molar-refractivity contribution is 4.93. The summed E-state index contributed by atoms with van der Waals surface area (Å²) >= 11 is 0. The summed E-state index contributed by atoms with van der Waals surface area (Å²) in [6.45, 7) is 13.4. The van der Waals surface area contributed by atoms with Crippen molar-refractivity contribution >= 4 is 0 Å². The van der Waals surface area contributed by atoms with Crippen LogP contribution in [0.5, 0.6) is 0 Å². The number of hydrogen-bond acceptors (Lipinski definition) is 4. The predicted octanol–water partition coefficient (Wildman–Crippen LogP) is 1.35. The highest BCUT2D eigenvalue weighted by Gasteiger charge is 2.20. The Morgan fingerprint density at radius 2 is 2.35 bits per heavy atom. The lowest BCUT2D eigenvalue weighted by Gasteiger charge is -2.32. The van der Waals surface area contributed by atoms with E-state index in [9.17, 15) is 0 Å². The van der Waals surface area contributed by atoms with Crippen LogP contribution < -0.4 is 5.32 Å². The molecule has 1 fully saturated rings. The second-order valence-electron chi connectivity index (χ2n) is 5.91. The number of rotatable bonds is 7. The van der Waals surface area contributed by atoms with Gasteiger partial charge in [-0.3, -0.25) is 4.90 Å². The Morgan fingerprint density at radius 3 is 3.10 bits per heavy atom. The third kappa shape index (κ3) is 4.58. The fraction of sp³-hybridized carbons (Fsp3) is 0.800. The van der Waals surface area contributed by atoms with Crippen molar-refractivity contribution < 1.29 is 4.74 Å². The van der Waals surface area contributed by atoms with Crippen LogP contribution in [0.2, 0.25) is 0 Å². The zero-order valence-electron chi connectivity index (χ0n) is 13.0. The Kier molecular flexibility index (Phi) is 6.01. The number of imidazole rings is 1. The van der Waals surface area contributed by atoms with Gasteiger partial charge in [0, 0.05) is 25.5 Å². The molecular formula is C15H28N4O. The summed E-state index contributed by atoms with van der Waals surface area (Å²) in [6.07, 6.45) is 4.22.